The number of benzene rings is 1. The molecule has 3 nitrogen and oxygen atoms in total. The van der Waals surface area contributed by atoms with Gasteiger partial charge in [0.2, 0.25) is 5.91 Å². The number of hydrogen-bond acceptors (Lipinski definition) is 2. The predicted molar refractivity (Wildman–Crippen MR) is 79.9 cm³/mol. The molecule has 0 aliphatic rings. The van der Waals surface area contributed by atoms with E-state index in [1.54, 1.807) is 0 Å². The van der Waals surface area contributed by atoms with Crippen LogP contribution >= 0.6 is 0 Å². The Morgan fingerprint density at radius 2 is 1.79 bits per heavy atom. The molecule has 3 N–H and O–H groups in total. The predicted octanol–water partition coefficient (Wildman–Crippen LogP) is 3.08. The Morgan fingerprint density at radius 3 is 2.42 bits per heavy atom. The number of nitrogens with two attached hydrogens (primary N) is 1. The van der Waals surface area contributed by atoms with Crippen LogP contribution < -0.4 is 11.1 Å². The number of amides is 1. The average Bonchev–Trinajstić information content (AvgIpc) is 2.39. The number of rotatable bonds is 8. The van der Waals surface area contributed by atoms with Gasteiger partial charge in [0.15, 0.2) is 0 Å². The summed E-state index contributed by atoms with van der Waals surface area (Å²) in [7, 11) is 0. The molecule has 0 aromatic heterocycles. The maximum Gasteiger partial charge on any atom is 0.220 e. The van der Waals surface area contributed by atoms with Gasteiger partial charge in [0.25, 0.3) is 0 Å². The number of aryl methyl sites for hydroxylation is 1. The zero-order valence-electron chi connectivity index (χ0n) is 12.1. The van der Waals surface area contributed by atoms with Crippen LogP contribution in [-0.2, 0) is 4.79 Å². The van der Waals surface area contributed by atoms with E-state index in [0.717, 1.165) is 37.8 Å². The molecule has 0 bridgehead atoms. The molecule has 0 saturated heterocycles. The second-order valence-corrected chi connectivity index (χ2v) is 5.15. The van der Waals surface area contributed by atoms with E-state index in [1.807, 2.05) is 6.92 Å². The van der Waals surface area contributed by atoms with Gasteiger partial charge in [-0.1, -0.05) is 42.7 Å². The molecule has 3 heteroatoms. The Hall–Kier alpha value is -1.35. The molecule has 106 valence electrons. The van der Waals surface area contributed by atoms with Gasteiger partial charge in [-0.3, -0.25) is 4.79 Å². The normalized spacial score (nSPS) is 12.2. The lowest BCUT2D eigenvalue weighted by atomic mass is 10.1. The number of nitrogens with one attached hydrogen (secondary N) is 1. The Morgan fingerprint density at radius 1 is 1.16 bits per heavy atom. The topological polar surface area (TPSA) is 55.1 Å². The van der Waals surface area contributed by atoms with Gasteiger partial charge in [-0.05, 0) is 38.8 Å². The lowest BCUT2D eigenvalue weighted by Gasteiger charge is -2.14. The van der Waals surface area contributed by atoms with E-state index in [9.17, 15) is 4.79 Å². The molecule has 0 spiro atoms. The van der Waals surface area contributed by atoms with E-state index in [0.29, 0.717) is 6.42 Å². The first-order chi connectivity index (χ1) is 9.13. The molecular weight excluding hydrogens is 236 g/mol. The summed E-state index contributed by atoms with van der Waals surface area (Å²) in [5, 5.41) is 3.04. The Balaban J connectivity index is 2.26. The Labute approximate surface area is 116 Å². The maximum atomic E-state index is 11.8. The van der Waals surface area contributed by atoms with Gasteiger partial charge in [-0.25, -0.2) is 0 Å². The molecule has 0 aliphatic heterocycles. The highest BCUT2D eigenvalue weighted by Gasteiger charge is 2.08. The van der Waals surface area contributed by atoms with Crippen LogP contribution in [0.5, 0.6) is 0 Å². The third-order valence-electron chi connectivity index (χ3n) is 3.31. The van der Waals surface area contributed by atoms with E-state index in [2.05, 4.69) is 36.5 Å². The minimum absolute atomic E-state index is 0.0807. The SMILES string of the molecule is Cc1ccc([C@@H](C)NC(=O)CCCCCCN)cc1. The molecule has 19 heavy (non-hydrogen) atoms. The van der Waals surface area contributed by atoms with E-state index in [1.165, 1.54) is 5.56 Å². The summed E-state index contributed by atoms with van der Waals surface area (Å²) in [5.41, 5.74) is 7.82. The molecule has 0 saturated carbocycles. The summed E-state index contributed by atoms with van der Waals surface area (Å²) in [4.78, 5) is 11.8. The molecule has 0 aliphatic carbocycles. The third-order valence-corrected chi connectivity index (χ3v) is 3.31. The van der Waals surface area contributed by atoms with Crippen molar-refractivity contribution in [3.63, 3.8) is 0 Å². The lowest BCUT2D eigenvalue weighted by Crippen LogP contribution is -2.26. The summed E-state index contributed by atoms with van der Waals surface area (Å²) >= 11 is 0. The van der Waals surface area contributed by atoms with Crippen molar-refractivity contribution >= 4 is 5.91 Å². The molecule has 0 heterocycles. The highest BCUT2D eigenvalue weighted by atomic mass is 16.1. The molecule has 1 aromatic rings. The highest BCUT2D eigenvalue weighted by Crippen LogP contribution is 2.13. The van der Waals surface area contributed by atoms with Crippen LogP contribution in [0, 0.1) is 6.92 Å². The van der Waals surface area contributed by atoms with Gasteiger partial charge >= 0.3 is 0 Å². The Bertz CT molecular complexity index is 373. The standard InChI is InChI=1S/C16H26N2O/c1-13-8-10-15(11-9-13)14(2)18-16(19)7-5-3-4-6-12-17/h8-11,14H,3-7,12,17H2,1-2H3,(H,18,19)/t14-/m1/s1. The largest absolute Gasteiger partial charge is 0.350 e. The van der Waals surface area contributed by atoms with Crippen molar-refractivity contribution in [2.24, 2.45) is 5.73 Å². The summed E-state index contributed by atoms with van der Waals surface area (Å²) in [5.74, 6) is 0.140. The fourth-order valence-electron chi connectivity index (χ4n) is 2.04. The highest BCUT2D eigenvalue weighted by molar-refractivity contribution is 5.76. The van der Waals surface area contributed by atoms with Crippen molar-refractivity contribution < 1.29 is 4.79 Å². The quantitative estimate of drug-likeness (QED) is 0.707. The number of unbranched alkanes of at least 4 members (excludes halogenated alkanes) is 3. The van der Waals surface area contributed by atoms with Crippen molar-refractivity contribution in [2.75, 3.05) is 6.54 Å². The van der Waals surface area contributed by atoms with Crippen LogP contribution in [0.2, 0.25) is 0 Å². The van der Waals surface area contributed by atoms with Crippen LogP contribution in [0.3, 0.4) is 0 Å². The lowest BCUT2D eigenvalue weighted by molar-refractivity contribution is -0.121. The monoisotopic (exact) mass is 262 g/mol. The van der Waals surface area contributed by atoms with E-state index in [4.69, 9.17) is 5.73 Å². The van der Waals surface area contributed by atoms with Crippen LogP contribution in [0.1, 0.15) is 56.2 Å². The first-order valence-corrected chi connectivity index (χ1v) is 7.19. The van der Waals surface area contributed by atoms with Crippen molar-refractivity contribution in [3.8, 4) is 0 Å². The zero-order chi connectivity index (χ0) is 14.1. The fraction of sp³-hybridized carbons (Fsp3) is 0.562. The van der Waals surface area contributed by atoms with Crippen molar-refractivity contribution in [1.82, 2.24) is 5.32 Å². The first kappa shape index (κ1) is 15.7. The zero-order valence-corrected chi connectivity index (χ0v) is 12.1. The van der Waals surface area contributed by atoms with Gasteiger partial charge in [0.05, 0.1) is 6.04 Å². The minimum atomic E-state index is 0.0807. The average molecular weight is 262 g/mol. The van der Waals surface area contributed by atoms with Crippen molar-refractivity contribution in [1.29, 1.82) is 0 Å². The van der Waals surface area contributed by atoms with Crippen LogP contribution in [0.15, 0.2) is 24.3 Å². The molecule has 1 rings (SSSR count). The second kappa shape index (κ2) is 8.70. The summed E-state index contributed by atoms with van der Waals surface area (Å²) in [6.07, 6.45) is 4.83. The number of carbonyl (C=O) groups is 1. The molecule has 0 unspecified atom stereocenters. The van der Waals surface area contributed by atoms with E-state index in [-0.39, 0.29) is 11.9 Å². The molecule has 1 aromatic carbocycles. The van der Waals surface area contributed by atoms with Gasteiger partial charge in [-0.2, -0.15) is 0 Å². The molecular formula is C16H26N2O. The van der Waals surface area contributed by atoms with Crippen molar-refractivity contribution in [3.05, 3.63) is 35.4 Å². The van der Waals surface area contributed by atoms with Gasteiger partial charge in [0, 0.05) is 6.42 Å². The molecule has 1 atom stereocenters. The van der Waals surface area contributed by atoms with Crippen LogP contribution in [0.4, 0.5) is 0 Å². The van der Waals surface area contributed by atoms with Gasteiger partial charge in [0.1, 0.15) is 0 Å². The number of hydrogen-bond donors (Lipinski definition) is 2. The molecule has 0 radical (unpaired) electrons. The minimum Gasteiger partial charge on any atom is -0.350 e. The third kappa shape index (κ3) is 6.39. The van der Waals surface area contributed by atoms with E-state index < -0.39 is 0 Å². The van der Waals surface area contributed by atoms with Crippen LogP contribution in [-0.4, -0.2) is 12.5 Å². The molecule has 1 amide bonds. The van der Waals surface area contributed by atoms with Crippen LogP contribution in [0.25, 0.3) is 0 Å². The number of carbonyl (C=O) groups excluding carboxylic acids is 1. The summed E-state index contributed by atoms with van der Waals surface area (Å²) in [6.45, 7) is 4.84. The van der Waals surface area contributed by atoms with Crippen molar-refractivity contribution in [2.45, 2.75) is 52.0 Å². The van der Waals surface area contributed by atoms with E-state index >= 15 is 0 Å². The first-order valence-electron chi connectivity index (χ1n) is 7.19. The second-order valence-electron chi connectivity index (χ2n) is 5.15. The molecule has 0 fully saturated rings. The maximum absolute atomic E-state index is 11.8. The fourth-order valence-corrected chi connectivity index (χ4v) is 2.04. The smallest absolute Gasteiger partial charge is 0.220 e. The summed E-state index contributed by atoms with van der Waals surface area (Å²) in [6, 6.07) is 8.37. The summed E-state index contributed by atoms with van der Waals surface area (Å²) < 4.78 is 0. The Kier molecular flexibility index (Phi) is 7.19. The van der Waals surface area contributed by atoms with Gasteiger partial charge in [-0.15, -0.1) is 0 Å². The van der Waals surface area contributed by atoms with Gasteiger partial charge < -0.3 is 11.1 Å².